The first-order chi connectivity index (χ1) is 9.38. The molecule has 0 radical (unpaired) electrons. The number of nitrogens with one attached hydrogen (secondary N) is 1. The van der Waals surface area contributed by atoms with E-state index in [1.165, 1.54) is 5.56 Å². The van der Waals surface area contributed by atoms with Gasteiger partial charge in [0.2, 0.25) is 5.91 Å². The van der Waals surface area contributed by atoms with E-state index in [1.807, 2.05) is 32.5 Å². The fraction of sp³-hybridized carbons (Fsp3) is 0.733. The van der Waals surface area contributed by atoms with Crippen LogP contribution < -0.4 is 5.32 Å². The number of amides is 1. The molecule has 5 heteroatoms. The minimum atomic E-state index is -0.0777. The van der Waals surface area contributed by atoms with Crippen molar-refractivity contribution in [2.24, 2.45) is 18.4 Å². The third-order valence-electron chi connectivity index (χ3n) is 4.55. The molecular formula is C15H25N3O2. The molecule has 1 saturated carbocycles. The number of carbonyl (C=O) groups excluding carboxylic acids is 1. The Morgan fingerprint density at radius 2 is 2.15 bits per heavy atom. The van der Waals surface area contributed by atoms with Gasteiger partial charge in [-0.2, -0.15) is 5.10 Å². The molecule has 1 atom stereocenters. The Labute approximate surface area is 120 Å². The van der Waals surface area contributed by atoms with E-state index >= 15 is 0 Å². The van der Waals surface area contributed by atoms with Crippen molar-refractivity contribution in [2.45, 2.75) is 40.0 Å². The summed E-state index contributed by atoms with van der Waals surface area (Å²) < 4.78 is 1.86. The molecule has 1 heterocycles. The van der Waals surface area contributed by atoms with Crippen molar-refractivity contribution in [3.05, 3.63) is 17.0 Å². The maximum Gasteiger partial charge on any atom is 0.223 e. The Bertz CT molecular complexity index is 503. The van der Waals surface area contributed by atoms with Crippen LogP contribution in [0.2, 0.25) is 0 Å². The maximum absolute atomic E-state index is 12.1. The van der Waals surface area contributed by atoms with Gasteiger partial charge in [0.1, 0.15) is 0 Å². The van der Waals surface area contributed by atoms with Crippen LogP contribution in [0.3, 0.4) is 0 Å². The molecule has 0 saturated heterocycles. The molecule has 1 amide bonds. The lowest BCUT2D eigenvalue weighted by molar-refractivity contribution is -0.124. The molecule has 0 bridgehead atoms. The van der Waals surface area contributed by atoms with Gasteiger partial charge < -0.3 is 10.4 Å². The fourth-order valence-electron chi connectivity index (χ4n) is 2.53. The fourth-order valence-corrected chi connectivity index (χ4v) is 2.53. The van der Waals surface area contributed by atoms with Gasteiger partial charge in [-0.05, 0) is 38.7 Å². The smallest absolute Gasteiger partial charge is 0.223 e. The highest BCUT2D eigenvalue weighted by Crippen LogP contribution is 2.44. The standard InChI is InChI=1S/C15H25N3O2/c1-10(7-13-11(2)17-18(4)12(13)3)14(20)16-8-15(9-19)5-6-15/h10,19H,5-9H2,1-4H3,(H,16,20). The van der Waals surface area contributed by atoms with E-state index in [9.17, 15) is 9.90 Å². The highest BCUT2D eigenvalue weighted by molar-refractivity contribution is 5.78. The highest BCUT2D eigenvalue weighted by atomic mass is 16.3. The van der Waals surface area contributed by atoms with Crippen molar-refractivity contribution in [2.75, 3.05) is 13.2 Å². The minimum absolute atomic E-state index is 0.0322. The van der Waals surface area contributed by atoms with Gasteiger partial charge in [-0.1, -0.05) is 6.92 Å². The molecule has 1 fully saturated rings. The molecule has 1 aliphatic rings. The van der Waals surface area contributed by atoms with Crippen LogP contribution in [0.4, 0.5) is 0 Å². The maximum atomic E-state index is 12.1. The minimum Gasteiger partial charge on any atom is -0.396 e. The predicted molar refractivity (Wildman–Crippen MR) is 77.3 cm³/mol. The van der Waals surface area contributed by atoms with Crippen LogP contribution >= 0.6 is 0 Å². The third-order valence-corrected chi connectivity index (χ3v) is 4.55. The monoisotopic (exact) mass is 279 g/mol. The van der Waals surface area contributed by atoms with E-state index in [-0.39, 0.29) is 23.8 Å². The lowest BCUT2D eigenvalue weighted by atomic mass is 9.98. The largest absolute Gasteiger partial charge is 0.396 e. The summed E-state index contributed by atoms with van der Waals surface area (Å²) in [6, 6.07) is 0. The first kappa shape index (κ1) is 15.0. The number of rotatable bonds is 6. The van der Waals surface area contributed by atoms with Gasteiger partial charge in [0.05, 0.1) is 12.3 Å². The van der Waals surface area contributed by atoms with Crippen molar-refractivity contribution in [3.63, 3.8) is 0 Å². The molecule has 20 heavy (non-hydrogen) atoms. The lowest BCUT2D eigenvalue weighted by Gasteiger charge is -2.16. The summed E-state index contributed by atoms with van der Waals surface area (Å²) in [7, 11) is 1.93. The number of aliphatic hydroxyl groups excluding tert-OH is 1. The lowest BCUT2D eigenvalue weighted by Crippen LogP contribution is -2.36. The highest BCUT2D eigenvalue weighted by Gasteiger charge is 2.42. The van der Waals surface area contributed by atoms with E-state index in [1.54, 1.807) is 0 Å². The number of hydrogen-bond acceptors (Lipinski definition) is 3. The van der Waals surface area contributed by atoms with E-state index < -0.39 is 0 Å². The summed E-state index contributed by atoms with van der Waals surface area (Å²) in [5.41, 5.74) is 3.25. The SMILES string of the molecule is Cc1nn(C)c(C)c1CC(C)C(=O)NCC1(CO)CC1. The van der Waals surface area contributed by atoms with Crippen molar-refractivity contribution >= 4 is 5.91 Å². The first-order valence-corrected chi connectivity index (χ1v) is 7.26. The number of carbonyl (C=O) groups is 1. The Kier molecular flexibility index (Phi) is 4.18. The Balaban J connectivity index is 1.90. The normalized spacial score (nSPS) is 17.9. The Hall–Kier alpha value is -1.36. The van der Waals surface area contributed by atoms with Crippen LogP contribution in [-0.2, 0) is 18.3 Å². The number of aliphatic hydroxyl groups is 1. The quantitative estimate of drug-likeness (QED) is 0.819. The van der Waals surface area contributed by atoms with Gasteiger partial charge in [-0.3, -0.25) is 9.48 Å². The van der Waals surface area contributed by atoms with Crippen LogP contribution in [0.1, 0.15) is 36.7 Å². The topological polar surface area (TPSA) is 67.2 Å². The van der Waals surface area contributed by atoms with Crippen molar-refractivity contribution in [1.82, 2.24) is 15.1 Å². The van der Waals surface area contributed by atoms with Crippen molar-refractivity contribution in [1.29, 1.82) is 0 Å². The molecule has 1 unspecified atom stereocenters. The second kappa shape index (κ2) is 5.56. The summed E-state index contributed by atoms with van der Waals surface area (Å²) in [5.74, 6) is -0.0153. The molecule has 1 aliphatic carbocycles. The van der Waals surface area contributed by atoms with Crippen molar-refractivity contribution in [3.8, 4) is 0 Å². The summed E-state index contributed by atoms with van der Waals surface area (Å²) in [5, 5.41) is 16.6. The van der Waals surface area contributed by atoms with Gasteiger partial charge in [-0.25, -0.2) is 0 Å². The summed E-state index contributed by atoms with van der Waals surface area (Å²) in [6.07, 6.45) is 2.74. The number of aromatic nitrogens is 2. The predicted octanol–water partition coefficient (Wildman–Crippen LogP) is 1.10. The molecule has 0 aliphatic heterocycles. The van der Waals surface area contributed by atoms with Gasteiger partial charge in [0, 0.05) is 30.6 Å². The zero-order chi connectivity index (χ0) is 14.9. The molecule has 0 aromatic carbocycles. The molecular weight excluding hydrogens is 254 g/mol. The third kappa shape index (κ3) is 3.03. The molecule has 0 spiro atoms. The molecule has 2 rings (SSSR count). The average molecular weight is 279 g/mol. The zero-order valence-corrected chi connectivity index (χ0v) is 12.9. The van der Waals surface area contributed by atoms with E-state index in [0.717, 1.165) is 24.2 Å². The van der Waals surface area contributed by atoms with E-state index in [2.05, 4.69) is 10.4 Å². The second-order valence-corrected chi connectivity index (χ2v) is 6.25. The molecule has 1 aromatic rings. The summed E-state index contributed by atoms with van der Waals surface area (Å²) in [6.45, 7) is 6.72. The van der Waals surface area contributed by atoms with Gasteiger partial charge in [-0.15, -0.1) is 0 Å². The average Bonchev–Trinajstić information content (AvgIpc) is 3.16. The zero-order valence-electron chi connectivity index (χ0n) is 12.9. The summed E-state index contributed by atoms with van der Waals surface area (Å²) >= 11 is 0. The molecule has 112 valence electrons. The molecule has 2 N–H and O–H groups in total. The second-order valence-electron chi connectivity index (χ2n) is 6.25. The van der Waals surface area contributed by atoms with Crippen LogP contribution in [0.15, 0.2) is 0 Å². The first-order valence-electron chi connectivity index (χ1n) is 7.26. The molecule has 1 aromatic heterocycles. The van der Waals surface area contributed by atoms with Crippen molar-refractivity contribution < 1.29 is 9.90 Å². The van der Waals surface area contributed by atoms with Gasteiger partial charge in [0.25, 0.3) is 0 Å². The van der Waals surface area contributed by atoms with Crippen LogP contribution in [-0.4, -0.2) is 33.9 Å². The Morgan fingerprint density at radius 3 is 2.60 bits per heavy atom. The number of nitrogens with zero attached hydrogens (tertiary/aromatic N) is 2. The van der Waals surface area contributed by atoms with E-state index in [0.29, 0.717) is 13.0 Å². The van der Waals surface area contributed by atoms with E-state index in [4.69, 9.17) is 0 Å². The van der Waals surface area contributed by atoms with Crippen LogP contribution in [0, 0.1) is 25.2 Å². The summed E-state index contributed by atoms with van der Waals surface area (Å²) in [4.78, 5) is 12.1. The van der Waals surface area contributed by atoms with Gasteiger partial charge in [0.15, 0.2) is 0 Å². The van der Waals surface area contributed by atoms with Crippen LogP contribution in [0.5, 0.6) is 0 Å². The van der Waals surface area contributed by atoms with Crippen LogP contribution in [0.25, 0.3) is 0 Å². The Morgan fingerprint density at radius 1 is 1.50 bits per heavy atom. The number of hydrogen-bond donors (Lipinski definition) is 2. The van der Waals surface area contributed by atoms with Gasteiger partial charge >= 0.3 is 0 Å². The molecule has 5 nitrogen and oxygen atoms in total. The number of aryl methyl sites for hydroxylation is 2.